The van der Waals surface area contributed by atoms with E-state index in [0.29, 0.717) is 5.75 Å². The average molecular weight is 385 g/mol. The summed E-state index contributed by atoms with van der Waals surface area (Å²) in [5.41, 5.74) is 11.9. The van der Waals surface area contributed by atoms with Crippen LogP contribution in [0.15, 0.2) is 66.7 Å². The van der Waals surface area contributed by atoms with E-state index < -0.39 is 5.41 Å². The predicted molar refractivity (Wildman–Crippen MR) is 111 cm³/mol. The zero-order valence-electron chi connectivity index (χ0n) is 15.9. The number of benzene rings is 3. The predicted octanol–water partition coefficient (Wildman–Crippen LogP) is 4.54. The van der Waals surface area contributed by atoms with E-state index in [-0.39, 0.29) is 19.2 Å². The summed E-state index contributed by atoms with van der Waals surface area (Å²) in [7, 11) is 0. The van der Waals surface area contributed by atoms with Crippen molar-refractivity contribution >= 4 is 11.6 Å². The molecular weight excluding hydrogens is 364 g/mol. The van der Waals surface area contributed by atoms with Gasteiger partial charge in [0.15, 0.2) is 11.5 Å². The number of anilines is 1. The molecule has 5 rings (SSSR count). The van der Waals surface area contributed by atoms with Crippen LogP contribution in [0.5, 0.6) is 11.5 Å². The van der Waals surface area contributed by atoms with Gasteiger partial charge < -0.3 is 14.8 Å². The molecule has 2 aliphatic rings. The van der Waals surface area contributed by atoms with Crippen LogP contribution >= 0.6 is 0 Å². The second kappa shape index (κ2) is 6.94. The molecule has 3 aromatic carbocycles. The van der Waals surface area contributed by atoms with Crippen molar-refractivity contribution in [3.63, 3.8) is 0 Å². The number of hydrogen-bond acceptors (Lipinski definition) is 3. The van der Waals surface area contributed by atoms with Crippen LogP contribution in [0.1, 0.15) is 24.0 Å². The molecule has 1 fully saturated rings. The molecule has 145 valence electrons. The lowest BCUT2D eigenvalue weighted by atomic mass is 9.94. The molecule has 5 nitrogen and oxygen atoms in total. The monoisotopic (exact) mass is 385 g/mol. The highest BCUT2D eigenvalue weighted by molar-refractivity contribution is 6.01. The van der Waals surface area contributed by atoms with Crippen molar-refractivity contribution in [2.24, 2.45) is 0 Å². The molecule has 1 radical (unpaired) electrons. The van der Waals surface area contributed by atoms with Gasteiger partial charge in [0.2, 0.25) is 12.7 Å². The summed E-state index contributed by atoms with van der Waals surface area (Å²) in [5, 5.41) is 3.07. The minimum absolute atomic E-state index is 0.0142. The molecule has 2 N–H and O–H groups in total. The first-order chi connectivity index (χ1) is 14.2. The largest absolute Gasteiger partial charge is 0.454 e. The fourth-order valence-electron chi connectivity index (χ4n) is 3.82. The van der Waals surface area contributed by atoms with Gasteiger partial charge in [-0.1, -0.05) is 36.4 Å². The normalized spacial score (nSPS) is 15.8. The molecule has 0 spiro atoms. The summed E-state index contributed by atoms with van der Waals surface area (Å²) >= 11 is 0. The Morgan fingerprint density at radius 1 is 0.931 bits per heavy atom. The fraction of sp³-hybridized carbons (Fsp3) is 0.208. The van der Waals surface area contributed by atoms with E-state index >= 15 is 0 Å². The number of carbonyl (C=O) groups is 1. The van der Waals surface area contributed by atoms with Gasteiger partial charge in [-0.2, -0.15) is 0 Å². The van der Waals surface area contributed by atoms with Gasteiger partial charge in [0.05, 0.1) is 5.41 Å². The minimum Gasteiger partial charge on any atom is -0.454 e. The van der Waals surface area contributed by atoms with E-state index in [2.05, 4.69) is 5.32 Å². The highest BCUT2D eigenvalue weighted by Crippen LogP contribution is 2.51. The van der Waals surface area contributed by atoms with Crippen LogP contribution in [0, 0.1) is 0 Å². The zero-order chi connectivity index (χ0) is 19.8. The molecule has 0 saturated heterocycles. The van der Waals surface area contributed by atoms with Gasteiger partial charge >= 0.3 is 0 Å². The Kier molecular flexibility index (Phi) is 4.25. The smallest absolute Gasteiger partial charge is 0.235 e. The summed E-state index contributed by atoms with van der Waals surface area (Å²) in [5.74, 6) is 1.45. The molecular formula is C24H21N2O3. The molecule has 3 aromatic rings. The molecule has 0 unspecified atom stereocenters. The highest BCUT2D eigenvalue weighted by atomic mass is 16.7. The second-order valence-electron chi connectivity index (χ2n) is 7.56. The third kappa shape index (κ3) is 3.23. The molecule has 29 heavy (non-hydrogen) atoms. The molecule has 1 amide bonds. The Morgan fingerprint density at radius 2 is 1.72 bits per heavy atom. The van der Waals surface area contributed by atoms with Crippen LogP contribution in [0.25, 0.3) is 11.1 Å². The van der Waals surface area contributed by atoms with Crippen LogP contribution in [0.4, 0.5) is 5.69 Å². The first-order valence-corrected chi connectivity index (χ1v) is 9.73. The highest BCUT2D eigenvalue weighted by Gasteiger charge is 2.51. The van der Waals surface area contributed by atoms with Gasteiger partial charge in [0.1, 0.15) is 0 Å². The molecule has 5 heteroatoms. The van der Waals surface area contributed by atoms with Crippen molar-refractivity contribution in [1.29, 1.82) is 0 Å². The second-order valence-corrected chi connectivity index (χ2v) is 7.56. The Morgan fingerprint density at radius 3 is 2.48 bits per heavy atom. The van der Waals surface area contributed by atoms with Gasteiger partial charge in [-0.25, -0.2) is 0 Å². The number of amides is 1. The first kappa shape index (κ1) is 17.8. The number of nitrogens with one attached hydrogen (secondary N) is 2. The maximum atomic E-state index is 13.0. The van der Waals surface area contributed by atoms with E-state index in [4.69, 9.17) is 15.2 Å². The Hall–Kier alpha value is -3.31. The summed E-state index contributed by atoms with van der Waals surface area (Å²) < 4.78 is 10.8. The lowest BCUT2D eigenvalue weighted by Crippen LogP contribution is -2.27. The molecule has 0 atom stereocenters. The van der Waals surface area contributed by atoms with E-state index in [1.54, 1.807) is 0 Å². The van der Waals surface area contributed by atoms with Crippen molar-refractivity contribution in [3.05, 3.63) is 77.9 Å². The summed E-state index contributed by atoms with van der Waals surface area (Å²) in [4.78, 5) is 13.0. The van der Waals surface area contributed by atoms with E-state index in [9.17, 15) is 4.79 Å². The standard InChI is InChI=1S/C24H21N2O3/c25-14-16-2-1-3-18(12-16)17-4-7-20(8-5-17)26-23(27)24(10-11-24)19-6-9-21-22(13-19)29-15-28-21/h1-9,12-13,25H,10-11,14-15H2,(H,26,27). The molecule has 1 saturated carbocycles. The molecule has 1 heterocycles. The lowest BCUT2D eigenvalue weighted by Gasteiger charge is -2.16. The SMILES string of the molecule is [NH]Cc1cccc(-c2ccc(NC(=O)C3(c4ccc5c(c4)OCO5)CC3)cc2)c1. The maximum Gasteiger partial charge on any atom is 0.235 e. The van der Waals surface area contributed by atoms with Gasteiger partial charge in [-0.05, 0) is 65.4 Å². The fourth-order valence-corrected chi connectivity index (χ4v) is 3.82. The number of hydrogen-bond donors (Lipinski definition) is 1. The zero-order valence-corrected chi connectivity index (χ0v) is 15.9. The van der Waals surface area contributed by atoms with E-state index in [0.717, 1.165) is 46.5 Å². The van der Waals surface area contributed by atoms with Crippen molar-refractivity contribution in [1.82, 2.24) is 5.73 Å². The molecule has 1 aliphatic heterocycles. The van der Waals surface area contributed by atoms with Crippen molar-refractivity contribution in [2.75, 3.05) is 12.1 Å². The van der Waals surface area contributed by atoms with Crippen LogP contribution in [-0.2, 0) is 16.8 Å². The van der Waals surface area contributed by atoms with E-state index in [1.165, 1.54) is 0 Å². The number of fused-ring (bicyclic) bond motifs is 1. The Labute approximate surface area is 169 Å². The van der Waals surface area contributed by atoms with Crippen LogP contribution in [0.3, 0.4) is 0 Å². The van der Waals surface area contributed by atoms with Gasteiger partial charge in [0.25, 0.3) is 0 Å². The maximum absolute atomic E-state index is 13.0. The van der Waals surface area contributed by atoms with Crippen LogP contribution in [0.2, 0.25) is 0 Å². The third-order valence-electron chi connectivity index (χ3n) is 5.72. The molecule has 1 aliphatic carbocycles. The molecule has 0 bridgehead atoms. The van der Waals surface area contributed by atoms with Crippen LogP contribution < -0.4 is 20.5 Å². The lowest BCUT2D eigenvalue weighted by molar-refractivity contribution is -0.118. The quantitative estimate of drug-likeness (QED) is 0.701. The Balaban J connectivity index is 1.33. The van der Waals surface area contributed by atoms with Gasteiger partial charge in [0, 0.05) is 12.2 Å². The summed E-state index contributed by atoms with van der Waals surface area (Å²) in [6, 6.07) is 21.6. The van der Waals surface area contributed by atoms with Gasteiger partial charge in [-0.15, -0.1) is 0 Å². The molecule has 0 aromatic heterocycles. The van der Waals surface area contributed by atoms with Gasteiger partial charge in [-0.3, -0.25) is 10.5 Å². The Bertz CT molecular complexity index is 1070. The number of ether oxygens (including phenoxy) is 2. The third-order valence-corrected chi connectivity index (χ3v) is 5.72. The van der Waals surface area contributed by atoms with Crippen molar-refractivity contribution < 1.29 is 14.3 Å². The van der Waals surface area contributed by atoms with Crippen molar-refractivity contribution in [2.45, 2.75) is 24.8 Å². The summed E-state index contributed by atoms with van der Waals surface area (Å²) in [6.07, 6.45) is 1.66. The van der Waals surface area contributed by atoms with Crippen molar-refractivity contribution in [3.8, 4) is 22.6 Å². The van der Waals surface area contributed by atoms with E-state index in [1.807, 2.05) is 66.7 Å². The summed E-state index contributed by atoms with van der Waals surface area (Å²) in [6.45, 7) is 0.499. The number of rotatable bonds is 5. The number of carbonyl (C=O) groups excluding carboxylic acids is 1. The minimum atomic E-state index is -0.484. The topological polar surface area (TPSA) is 71.4 Å². The van der Waals surface area contributed by atoms with Crippen LogP contribution in [-0.4, -0.2) is 12.7 Å². The first-order valence-electron chi connectivity index (χ1n) is 9.73. The average Bonchev–Trinajstić information content (AvgIpc) is 3.45.